The van der Waals surface area contributed by atoms with Gasteiger partial charge >= 0.3 is 24.0 Å². The summed E-state index contributed by atoms with van der Waals surface area (Å²) in [5.74, 6) is -7.59. The van der Waals surface area contributed by atoms with Gasteiger partial charge < -0.3 is 49.0 Å². The van der Waals surface area contributed by atoms with Gasteiger partial charge in [-0.3, -0.25) is 34.2 Å². The molecule has 0 radical (unpaired) electrons. The van der Waals surface area contributed by atoms with E-state index in [9.17, 15) is 39.0 Å². The molecule has 0 bridgehead atoms. The van der Waals surface area contributed by atoms with E-state index in [1.54, 1.807) is 58.0 Å². The lowest BCUT2D eigenvalue weighted by Crippen LogP contribution is -2.65. The minimum atomic E-state index is -1.45. The zero-order chi connectivity index (χ0) is 49.9. The third-order valence-corrected chi connectivity index (χ3v) is 13.9. The van der Waals surface area contributed by atoms with Gasteiger partial charge in [-0.1, -0.05) is 27.7 Å². The number of methoxy groups -OCH3 is 1. The van der Waals surface area contributed by atoms with Gasteiger partial charge in [-0.05, 0) is 67.1 Å². The number of hydrogen-bond acceptors (Lipinski definition) is 17. The number of carbonyl (C=O) groups excluding carboxylic acids is 4. The summed E-state index contributed by atoms with van der Waals surface area (Å²) in [6, 6.07) is 0.308. The molecule has 20 nitrogen and oxygen atoms in total. The zero-order valence-corrected chi connectivity index (χ0v) is 40.2. The number of amides is 1. The molecule has 6 rings (SSSR count). The average Bonchev–Trinajstić information content (AvgIpc) is 3.53. The van der Waals surface area contributed by atoms with E-state index in [0.29, 0.717) is 49.3 Å². The molecule has 4 saturated heterocycles. The van der Waals surface area contributed by atoms with E-state index in [4.69, 9.17) is 33.9 Å². The molecule has 20 heteroatoms. The van der Waals surface area contributed by atoms with Crippen molar-refractivity contribution in [3.63, 3.8) is 0 Å². The number of aliphatic carboxylic acids is 2. The molecule has 0 aromatic carbocycles. The van der Waals surface area contributed by atoms with E-state index in [-0.39, 0.29) is 44.0 Å². The number of hydrogen-bond donors (Lipinski definition) is 4. The number of carboxylic acid groups (broad SMARTS) is 2. The molecule has 0 saturated carbocycles. The van der Waals surface area contributed by atoms with Crippen LogP contribution in [0, 0.1) is 23.7 Å². The Bertz CT molecular complexity index is 2180. The first-order valence-electron chi connectivity index (χ1n) is 22.6. The van der Waals surface area contributed by atoms with E-state index in [1.165, 1.54) is 20.2 Å². The monoisotopic (exact) mass is 943 g/mol. The number of ketones is 2. The van der Waals surface area contributed by atoms with Crippen LogP contribution in [0.2, 0.25) is 0 Å². The Morgan fingerprint density at radius 3 is 2.22 bits per heavy atom. The number of ether oxygens (including phenoxy) is 5. The summed E-state index contributed by atoms with van der Waals surface area (Å²) in [6.45, 7) is 15.1. The van der Waals surface area contributed by atoms with Crippen LogP contribution >= 0.6 is 0 Å². The first-order chi connectivity index (χ1) is 31.4. The molecule has 2 aromatic rings. The van der Waals surface area contributed by atoms with Crippen LogP contribution in [0.5, 0.6) is 5.75 Å². The fourth-order valence-corrected chi connectivity index (χ4v) is 10.3. The predicted octanol–water partition coefficient (Wildman–Crippen LogP) is 3.68. The van der Waals surface area contributed by atoms with Gasteiger partial charge in [0.25, 0.3) is 0 Å². The van der Waals surface area contributed by atoms with Gasteiger partial charge in [-0.2, -0.15) is 0 Å². The Morgan fingerprint density at radius 1 is 1.00 bits per heavy atom. The van der Waals surface area contributed by atoms with Gasteiger partial charge in [0.1, 0.15) is 29.7 Å². The Hall–Kier alpha value is -5.12. The highest BCUT2D eigenvalue weighted by atomic mass is 16.7. The molecule has 13 atom stereocenters. The molecule has 4 aliphatic heterocycles. The number of rotatable bonds is 10. The fraction of sp³-hybridized carbons (Fsp3) is 0.660. The quantitative estimate of drug-likeness (QED) is 0.150. The highest BCUT2D eigenvalue weighted by molar-refractivity contribution is 6.00. The smallest absolute Gasteiger partial charge is 0.411 e. The largest absolute Gasteiger partial charge is 0.506 e. The van der Waals surface area contributed by atoms with Crippen molar-refractivity contribution in [1.82, 2.24) is 24.7 Å². The Kier molecular flexibility index (Phi) is 16.9. The lowest BCUT2D eigenvalue weighted by Gasteiger charge is -2.48. The molecule has 4 aliphatic rings. The molecular formula is C47H69N5O15. The van der Waals surface area contributed by atoms with E-state index < -0.39 is 95.3 Å². The van der Waals surface area contributed by atoms with Gasteiger partial charge in [-0.15, -0.1) is 0 Å². The number of aliphatic hydroxyl groups is 1. The van der Waals surface area contributed by atoms with Gasteiger partial charge in [0, 0.05) is 81.3 Å². The number of likely N-dealkylation sites (N-methyl/N-ethyl adjacent to an activating group) is 1. The van der Waals surface area contributed by atoms with Crippen molar-refractivity contribution in [3.8, 4) is 5.75 Å². The van der Waals surface area contributed by atoms with Crippen LogP contribution in [0.25, 0.3) is 10.9 Å². The van der Waals surface area contributed by atoms with Crippen LogP contribution in [-0.2, 0) is 54.2 Å². The molecule has 0 unspecified atom stereocenters. The third-order valence-electron chi connectivity index (χ3n) is 13.9. The summed E-state index contributed by atoms with van der Waals surface area (Å²) in [5, 5.41) is 38.6. The van der Waals surface area contributed by atoms with Gasteiger partial charge in [0.15, 0.2) is 17.7 Å². The standard InChI is InChI=1S/C43H63N5O11.C4H4O4.H2/c1-12-33-43(8)37(48(41(54)59-43)27-19-47(20-27)21-29-28-13-14-44-17-30(28)45-18-32(29)49)24(4)34(50)22(2)16-42(7,55-11)38(25(5)35(51)26(6)39(53)57-33)58-40-36(52)31(46(9)10)15-23(3)56-40;5-3(6)1-2-4(7)8;/h13-14,17-18,22-27,31,33,36-38,40,49,52H,12,15-16,19-21H2,1-11H3;1-2H,(H,5,6)(H,7,8);1H/b;2-1+;/t22-,23-,24+,25+,26-,31+,33-,36-,37-,38-,40+,42-,43-;;/m1../s1. The molecule has 2 aromatic heterocycles. The first-order valence-corrected chi connectivity index (χ1v) is 22.6. The topological polar surface area (TPSA) is 265 Å². The van der Waals surface area contributed by atoms with Crippen LogP contribution in [0.15, 0.2) is 36.8 Å². The number of carbonyl (C=O) groups is 6. The number of carboxylic acids is 2. The molecular weight excluding hydrogens is 875 g/mol. The number of fused-ring (bicyclic) bond motifs is 2. The molecule has 4 fully saturated rings. The highest BCUT2D eigenvalue weighted by Gasteiger charge is 2.62. The second-order valence-electron chi connectivity index (χ2n) is 19.0. The number of nitrogens with zero attached hydrogens (tertiary/aromatic N) is 5. The molecule has 1 amide bonds. The summed E-state index contributed by atoms with van der Waals surface area (Å²) in [7, 11) is 5.22. The lowest BCUT2D eigenvalue weighted by molar-refractivity contribution is -0.295. The number of Topliss-reactive ketones (excluding diaryl/α,β-unsaturated/α-hetero) is 2. The van der Waals surface area contributed by atoms with Crippen molar-refractivity contribution in [2.75, 3.05) is 34.3 Å². The summed E-state index contributed by atoms with van der Waals surface area (Å²) >= 11 is 0. The van der Waals surface area contributed by atoms with E-state index in [2.05, 4.69) is 14.9 Å². The van der Waals surface area contributed by atoms with Gasteiger partial charge in [-0.25, -0.2) is 14.4 Å². The number of cyclic esters (lactones) is 1. The van der Waals surface area contributed by atoms with Crippen molar-refractivity contribution in [3.05, 3.63) is 42.4 Å². The number of aromatic hydroxyl groups is 1. The van der Waals surface area contributed by atoms with Gasteiger partial charge in [0.2, 0.25) is 0 Å². The Labute approximate surface area is 392 Å². The van der Waals surface area contributed by atoms with E-state index >= 15 is 0 Å². The van der Waals surface area contributed by atoms with Crippen molar-refractivity contribution in [2.45, 2.75) is 141 Å². The maximum absolute atomic E-state index is 14.8. The summed E-state index contributed by atoms with van der Waals surface area (Å²) in [4.78, 5) is 90.5. The van der Waals surface area contributed by atoms with Crippen LogP contribution < -0.4 is 0 Å². The minimum Gasteiger partial charge on any atom is -0.506 e. The number of likely N-dealkylation sites (tertiary alicyclic amines) is 1. The maximum Gasteiger partial charge on any atom is 0.411 e. The van der Waals surface area contributed by atoms with Crippen LogP contribution in [-0.4, -0.2) is 175 Å². The molecule has 4 N–H and O–H groups in total. The van der Waals surface area contributed by atoms with Crippen LogP contribution in [0.1, 0.15) is 81.6 Å². The highest BCUT2D eigenvalue weighted by Crippen LogP contribution is 2.45. The van der Waals surface area contributed by atoms with Crippen molar-refractivity contribution in [1.29, 1.82) is 0 Å². The fourth-order valence-electron chi connectivity index (χ4n) is 10.3. The molecule has 372 valence electrons. The number of pyridine rings is 2. The predicted molar refractivity (Wildman–Crippen MR) is 241 cm³/mol. The minimum absolute atomic E-state index is 0. The van der Waals surface area contributed by atoms with Crippen LogP contribution in [0.4, 0.5) is 4.79 Å². The normalized spacial score (nSPS) is 34.8. The summed E-state index contributed by atoms with van der Waals surface area (Å²) in [6.07, 6.45) is 1.55. The second-order valence-corrected chi connectivity index (χ2v) is 19.0. The number of aromatic nitrogens is 2. The molecule has 0 spiro atoms. The molecule has 6 heterocycles. The van der Waals surface area contributed by atoms with Crippen molar-refractivity contribution >= 4 is 46.5 Å². The Morgan fingerprint density at radius 2 is 1.64 bits per heavy atom. The van der Waals surface area contributed by atoms with Crippen LogP contribution in [0.3, 0.4) is 0 Å². The van der Waals surface area contributed by atoms with Crippen molar-refractivity contribution in [2.24, 2.45) is 23.7 Å². The number of aliphatic hydroxyl groups excluding tert-OH is 1. The third kappa shape index (κ3) is 11.3. The summed E-state index contributed by atoms with van der Waals surface area (Å²) in [5.41, 5.74) is -1.40. The SMILES string of the molecule is CC[C@H]1OC(=O)[C@H](C)C(=O)[C@H](C)[C@@H](O[C@@H]2O[C@H](C)C[C@H](N(C)C)[C@H]2O)[C@](C)(OC)C[C@@H](C)C(=O)[C@H](C)[C@H]2N(C3CN(Cc4c(O)cnc5cnccc45)C3)C(=O)O[C@]12C.O=C(O)/C=C/C(=O)O.[HH]. The molecule has 67 heavy (non-hydrogen) atoms. The zero-order valence-electron chi connectivity index (χ0n) is 40.2. The van der Waals surface area contributed by atoms with Gasteiger partial charge in [0.05, 0.1) is 47.8 Å². The second kappa shape index (κ2) is 21.5. The van der Waals surface area contributed by atoms with Crippen molar-refractivity contribution < 1.29 is 74.3 Å². The Balaban J connectivity index is 0.00000103. The molecule has 0 aliphatic carbocycles. The average molecular weight is 944 g/mol. The van der Waals surface area contributed by atoms with E-state index in [1.807, 2.05) is 32.8 Å². The number of esters is 1. The summed E-state index contributed by atoms with van der Waals surface area (Å²) < 4.78 is 31.3. The maximum atomic E-state index is 14.8. The lowest BCUT2D eigenvalue weighted by atomic mass is 9.73. The first kappa shape index (κ1) is 52.8. The van der Waals surface area contributed by atoms with E-state index in [0.717, 1.165) is 5.39 Å².